The molecule has 4 saturated carbocycles. The van der Waals surface area contributed by atoms with Crippen LogP contribution in [0.15, 0.2) is 42.5 Å². The molecule has 124 valence electrons. The third-order valence-electron chi connectivity index (χ3n) is 6.57. The van der Waals surface area contributed by atoms with Crippen molar-refractivity contribution in [2.45, 2.75) is 37.5 Å². The highest BCUT2D eigenvalue weighted by atomic mass is 19.1. The fourth-order valence-electron chi connectivity index (χ4n) is 5.77. The van der Waals surface area contributed by atoms with Crippen LogP contribution in [0.1, 0.15) is 37.7 Å². The van der Waals surface area contributed by atoms with Crippen molar-refractivity contribution in [3.05, 3.63) is 53.8 Å². The molecule has 0 radical (unpaired) electrons. The van der Waals surface area contributed by atoms with Crippen molar-refractivity contribution in [1.29, 1.82) is 0 Å². The summed E-state index contributed by atoms with van der Waals surface area (Å²) in [4.78, 5) is 0. The van der Waals surface area contributed by atoms with E-state index in [1.807, 2.05) is 12.1 Å². The molecule has 24 heavy (non-hydrogen) atoms. The first-order valence-electron chi connectivity index (χ1n) is 8.95. The predicted octanol–water partition coefficient (Wildman–Crippen LogP) is 5.28. The molecule has 3 heteroatoms. The smallest absolute Gasteiger partial charge is 0.167 e. The summed E-state index contributed by atoms with van der Waals surface area (Å²) < 4.78 is 19.6. The molecule has 0 amide bonds. The van der Waals surface area contributed by atoms with Crippen LogP contribution in [0, 0.1) is 23.6 Å². The van der Waals surface area contributed by atoms with E-state index in [1.54, 1.807) is 12.1 Å². The van der Waals surface area contributed by atoms with Crippen molar-refractivity contribution in [1.82, 2.24) is 0 Å². The SMILES string of the molecule is Nc1ccc(Oc2ccc(C34CC5CC(C3)C(C5)C4)cc2)c(F)c1. The van der Waals surface area contributed by atoms with Crippen LogP contribution in [0.25, 0.3) is 0 Å². The first-order valence-corrected chi connectivity index (χ1v) is 8.95. The van der Waals surface area contributed by atoms with Crippen LogP contribution in [0.4, 0.5) is 10.1 Å². The molecule has 4 bridgehead atoms. The Morgan fingerprint density at radius 1 is 0.958 bits per heavy atom. The number of ether oxygens (including phenoxy) is 1. The molecule has 6 rings (SSSR count). The summed E-state index contributed by atoms with van der Waals surface area (Å²) in [6.45, 7) is 0. The molecule has 0 aromatic heterocycles. The van der Waals surface area contributed by atoms with Gasteiger partial charge in [-0.25, -0.2) is 4.39 Å². The fourth-order valence-corrected chi connectivity index (χ4v) is 5.77. The van der Waals surface area contributed by atoms with Crippen LogP contribution < -0.4 is 10.5 Å². The summed E-state index contributed by atoms with van der Waals surface area (Å²) in [5, 5.41) is 0. The Morgan fingerprint density at radius 2 is 1.67 bits per heavy atom. The van der Waals surface area contributed by atoms with Gasteiger partial charge in [0.2, 0.25) is 0 Å². The quantitative estimate of drug-likeness (QED) is 0.780. The minimum Gasteiger partial charge on any atom is -0.454 e. The van der Waals surface area contributed by atoms with E-state index in [1.165, 1.54) is 43.7 Å². The summed E-state index contributed by atoms with van der Waals surface area (Å²) in [5.74, 6) is 3.34. The number of nitrogens with two attached hydrogens (primary N) is 1. The van der Waals surface area contributed by atoms with Crippen molar-refractivity contribution in [2.24, 2.45) is 17.8 Å². The summed E-state index contributed by atoms with van der Waals surface area (Å²) in [6.07, 6.45) is 7.00. The van der Waals surface area contributed by atoms with Gasteiger partial charge in [0.15, 0.2) is 11.6 Å². The molecule has 2 nitrogen and oxygen atoms in total. The van der Waals surface area contributed by atoms with E-state index in [2.05, 4.69) is 12.1 Å². The van der Waals surface area contributed by atoms with Crippen LogP contribution in [0.3, 0.4) is 0 Å². The second-order valence-corrected chi connectivity index (χ2v) is 8.07. The van der Waals surface area contributed by atoms with Gasteiger partial charge in [-0.3, -0.25) is 0 Å². The van der Waals surface area contributed by atoms with Crippen molar-refractivity contribution < 1.29 is 9.13 Å². The normalized spacial score (nSPS) is 33.1. The zero-order valence-corrected chi connectivity index (χ0v) is 13.7. The Hall–Kier alpha value is -2.03. The maximum atomic E-state index is 13.9. The van der Waals surface area contributed by atoms with Gasteiger partial charge in [-0.2, -0.15) is 0 Å². The third kappa shape index (κ3) is 2.14. The Bertz CT molecular complexity index is 765. The van der Waals surface area contributed by atoms with Crippen LogP contribution in [-0.4, -0.2) is 0 Å². The highest BCUT2D eigenvalue weighted by molar-refractivity contribution is 5.45. The Balaban J connectivity index is 1.38. The largest absolute Gasteiger partial charge is 0.454 e. The molecule has 0 spiro atoms. The molecule has 2 aromatic rings. The van der Waals surface area contributed by atoms with Gasteiger partial charge in [-0.1, -0.05) is 12.1 Å². The van der Waals surface area contributed by atoms with E-state index in [9.17, 15) is 4.39 Å². The third-order valence-corrected chi connectivity index (χ3v) is 6.57. The number of anilines is 1. The minimum absolute atomic E-state index is 0.218. The number of halogens is 1. The van der Waals surface area contributed by atoms with Crippen LogP contribution in [0.5, 0.6) is 11.5 Å². The number of hydrogen-bond acceptors (Lipinski definition) is 2. The average Bonchev–Trinajstić information content (AvgIpc) is 2.98. The van der Waals surface area contributed by atoms with Crippen molar-refractivity contribution in [3.8, 4) is 11.5 Å². The first-order chi connectivity index (χ1) is 11.6. The lowest BCUT2D eigenvalue weighted by atomic mass is 9.66. The lowest BCUT2D eigenvalue weighted by Crippen LogP contribution is -2.31. The Labute approximate surface area is 141 Å². The fraction of sp³-hybridized carbons (Fsp3) is 0.429. The molecule has 2 unspecified atom stereocenters. The van der Waals surface area contributed by atoms with Gasteiger partial charge in [0.25, 0.3) is 0 Å². The molecule has 2 N–H and O–H groups in total. The lowest BCUT2D eigenvalue weighted by molar-refractivity contribution is 0.229. The molecule has 4 aliphatic carbocycles. The highest BCUT2D eigenvalue weighted by Crippen LogP contribution is 2.64. The summed E-state index contributed by atoms with van der Waals surface area (Å²) in [5.41, 5.74) is 7.83. The summed E-state index contributed by atoms with van der Waals surface area (Å²) >= 11 is 0. The lowest BCUT2D eigenvalue weighted by Gasteiger charge is -2.39. The highest BCUT2D eigenvalue weighted by Gasteiger charge is 2.56. The van der Waals surface area contributed by atoms with Crippen LogP contribution >= 0.6 is 0 Å². The van der Waals surface area contributed by atoms with E-state index in [0.717, 1.165) is 17.8 Å². The molecule has 2 atom stereocenters. The second-order valence-electron chi connectivity index (χ2n) is 8.07. The van der Waals surface area contributed by atoms with Gasteiger partial charge in [0, 0.05) is 11.8 Å². The summed E-state index contributed by atoms with van der Waals surface area (Å²) in [6, 6.07) is 12.9. The van der Waals surface area contributed by atoms with Crippen LogP contribution in [-0.2, 0) is 5.41 Å². The first kappa shape index (κ1) is 14.3. The van der Waals surface area contributed by atoms with Gasteiger partial charge in [-0.05, 0) is 85.1 Å². The number of benzene rings is 2. The number of nitrogen functional groups attached to an aromatic ring is 1. The van der Waals surface area contributed by atoms with Crippen LogP contribution in [0.2, 0.25) is 0 Å². The Morgan fingerprint density at radius 3 is 2.29 bits per heavy atom. The molecule has 4 aliphatic rings. The van der Waals surface area contributed by atoms with Crippen molar-refractivity contribution in [3.63, 3.8) is 0 Å². The number of rotatable bonds is 3. The zero-order chi connectivity index (χ0) is 16.3. The Kier molecular flexibility index (Phi) is 2.97. The molecular weight excluding hydrogens is 301 g/mol. The van der Waals surface area contributed by atoms with E-state index in [0.29, 0.717) is 16.9 Å². The molecular formula is C21H22FNO. The molecule has 4 fully saturated rings. The van der Waals surface area contributed by atoms with Gasteiger partial charge in [-0.15, -0.1) is 0 Å². The van der Waals surface area contributed by atoms with Crippen molar-refractivity contribution in [2.75, 3.05) is 5.73 Å². The molecule has 0 saturated heterocycles. The van der Waals surface area contributed by atoms with Gasteiger partial charge < -0.3 is 10.5 Å². The van der Waals surface area contributed by atoms with E-state index < -0.39 is 5.82 Å². The van der Waals surface area contributed by atoms with E-state index in [4.69, 9.17) is 10.5 Å². The maximum Gasteiger partial charge on any atom is 0.167 e. The van der Waals surface area contributed by atoms with E-state index >= 15 is 0 Å². The van der Waals surface area contributed by atoms with Crippen molar-refractivity contribution >= 4 is 5.69 Å². The predicted molar refractivity (Wildman–Crippen MR) is 92.6 cm³/mol. The standard InChI is InChI=1S/C21H22FNO/c22-19-9-17(23)3-6-20(19)24-18-4-1-16(2-5-18)21-10-13-7-14(11-21)15(8-13)12-21/h1-6,9,13-15H,7-8,10-12,23H2. The zero-order valence-electron chi connectivity index (χ0n) is 13.7. The molecule has 2 aromatic carbocycles. The topological polar surface area (TPSA) is 35.2 Å². The molecule has 0 heterocycles. The van der Waals surface area contributed by atoms with Gasteiger partial charge in [0.05, 0.1) is 0 Å². The molecule has 0 aliphatic heterocycles. The number of hydrogen-bond donors (Lipinski definition) is 1. The average molecular weight is 323 g/mol. The minimum atomic E-state index is -0.427. The second kappa shape index (κ2) is 4.98. The van der Waals surface area contributed by atoms with Gasteiger partial charge >= 0.3 is 0 Å². The maximum absolute atomic E-state index is 13.9. The monoisotopic (exact) mass is 323 g/mol. The summed E-state index contributed by atoms with van der Waals surface area (Å²) in [7, 11) is 0. The van der Waals surface area contributed by atoms with E-state index in [-0.39, 0.29) is 5.75 Å². The van der Waals surface area contributed by atoms with Gasteiger partial charge in [0.1, 0.15) is 5.75 Å².